The van der Waals surface area contributed by atoms with E-state index in [4.69, 9.17) is 4.74 Å². The molecule has 1 aromatic rings. The quantitative estimate of drug-likeness (QED) is 0.871. The molecule has 0 saturated carbocycles. The van der Waals surface area contributed by atoms with Gasteiger partial charge < -0.3 is 10.1 Å². The number of nitrogens with zero attached hydrogens (tertiary/aromatic N) is 1. The van der Waals surface area contributed by atoms with Crippen LogP contribution in [0.5, 0.6) is 0 Å². The molecule has 1 saturated heterocycles. The molecule has 1 N–H and O–H groups in total. The van der Waals surface area contributed by atoms with Crippen molar-refractivity contribution in [3.63, 3.8) is 0 Å². The van der Waals surface area contributed by atoms with E-state index in [9.17, 15) is 0 Å². The standard InChI is InChI=1S/C18H30N2O/c1-5-6-19-18(12-20-7-8-21-13-16(20)4)17-10-14(2)9-15(3)11-17/h9-11,16,18-19H,5-8,12-13H2,1-4H3. The van der Waals surface area contributed by atoms with Crippen molar-refractivity contribution in [1.29, 1.82) is 0 Å². The van der Waals surface area contributed by atoms with Crippen LogP contribution in [-0.4, -0.2) is 43.8 Å². The minimum absolute atomic E-state index is 0.407. The van der Waals surface area contributed by atoms with Gasteiger partial charge >= 0.3 is 0 Å². The van der Waals surface area contributed by atoms with Gasteiger partial charge in [-0.15, -0.1) is 0 Å². The molecule has 0 amide bonds. The van der Waals surface area contributed by atoms with E-state index < -0.39 is 0 Å². The molecule has 2 unspecified atom stereocenters. The second-order valence-corrected chi connectivity index (χ2v) is 6.35. The van der Waals surface area contributed by atoms with Gasteiger partial charge in [-0.05, 0) is 39.3 Å². The third-order valence-electron chi connectivity index (χ3n) is 4.21. The van der Waals surface area contributed by atoms with Gasteiger partial charge in [-0.2, -0.15) is 0 Å². The summed E-state index contributed by atoms with van der Waals surface area (Å²) in [6.45, 7) is 13.7. The first-order valence-electron chi connectivity index (χ1n) is 8.23. The number of nitrogens with one attached hydrogen (secondary N) is 1. The van der Waals surface area contributed by atoms with Crippen molar-refractivity contribution in [1.82, 2.24) is 10.2 Å². The zero-order valence-electron chi connectivity index (χ0n) is 14.0. The third-order valence-corrected chi connectivity index (χ3v) is 4.21. The minimum Gasteiger partial charge on any atom is -0.379 e. The summed E-state index contributed by atoms with van der Waals surface area (Å²) in [5.74, 6) is 0. The van der Waals surface area contributed by atoms with Gasteiger partial charge in [0.25, 0.3) is 0 Å². The topological polar surface area (TPSA) is 24.5 Å². The minimum atomic E-state index is 0.407. The van der Waals surface area contributed by atoms with Crippen LogP contribution in [0.3, 0.4) is 0 Å². The van der Waals surface area contributed by atoms with Crippen LogP contribution in [-0.2, 0) is 4.74 Å². The summed E-state index contributed by atoms with van der Waals surface area (Å²) in [6, 6.07) is 7.81. The largest absolute Gasteiger partial charge is 0.379 e. The lowest BCUT2D eigenvalue weighted by molar-refractivity contribution is -0.00448. The van der Waals surface area contributed by atoms with E-state index in [2.05, 4.69) is 56.1 Å². The van der Waals surface area contributed by atoms with Crippen LogP contribution in [0.15, 0.2) is 18.2 Å². The molecule has 2 atom stereocenters. The van der Waals surface area contributed by atoms with E-state index in [0.717, 1.165) is 32.8 Å². The van der Waals surface area contributed by atoms with Crippen molar-refractivity contribution >= 4 is 0 Å². The van der Waals surface area contributed by atoms with Crippen molar-refractivity contribution in [3.8, 4) is 0 Å². The lowest BCUT2D eigenvalue weighted by atomic mass is 10.00. The number of hydrogen-bond donors (Lipinski definition) is 1. The van der Waals surface area contributed by atoms with Crippen LogP contribution in [0.1, 0.15) is 43.0 Å². The Morgan fingerprint density at radius 2 is 2.00 bits per heavy atom. The molecule has 1 heterocycles. The first-order chi connectivity index (χ1) is 10.1. The molecule has 1 fully saturated rings. The SMILES string of the molecule is CCCNC(CN1CCOCC1C)c1cc(C)cc(C)c1. The molecule has 0 aliphatic carbocycles. The summed E-state index contributed by atoms with van der Waals surface area (Å²) in [6.07, 6.45) is 1.17. The predicted octanol–water partition coefficient (Wildman–Crippen LogP) is 3.06. The number of rotatable bonds is 6. The maximum Gasteiger partial charge on any atom is 0.0619 e. The summed E-state index contributed by atoms with van der Waals surface area (Å²) in [7, 11) is 0. The molecule has 0 aromatic heterocycles. The zero-order chi connectivity index (χ0) is 15.2. The Morgan fingerprint density at radius 3 is 2.62 bits per heavy atom. The molecule has 0 bridgehead atoms. The molecule has 0 radical (unpaired) electrons. The summed E-state index contributed by atoms with van der Waals surface area (Å²) < 4.78 is 5.56. The van der Waals surface area contributed by atoms with Gasteiger partial charge in [-0.3, -0.25) is 4.90 Å². The van der Waals surface area contributed by atoms with Gasteiger partial charge in [0.1, 0.15) is 0 Å². The van der Waals surface area contributed by atoms with E-state index in [-0.39, 0.29) is 0 Å². The molecule has 21 heavy (non-hydrogen) atoms. The van der Waals surface area contributed by atoms with Crippen LogP contribution in [0.2, 0.25) is 0 Å². The number of benzene rings is 1. The monoisotopic (exact) mass is 290 g/mol. The molecular weight excluding hydrogens is 260 g/mol. The van der Waals surface area contributed by atoms with Crippen LogP contribution in [0.25, 0.3) is 0 Å². The van der Waals surface area contributed by atoms with E-state index >= 15 is 0 Å². The van der Waals surface area contributed by atoms with Gasteiger partial charge in [0.05, 0.1) is 13.2 Å². The van der Waals surface area contributed by atoms with Crippen molar-refractivity contribution in [2.45, 2.75) is 46.2 Å². The highest BCUT2D eigenvalue weighted by atomic mass is 16.5. The fraction of sp³-hybridized carbons (Fsp3) is 0.667. The molecule has 3 heteroatoms. The fourth-order valence-corrected chi connectivity index (χ4v) is 3.08. The van der Waals surface area contributed by atoms with Gasteiger partial charge in [-0.25, -0.2) is 0 Å². The van der Waals surface area contributed by atoms with Crippen LogP contribution in [0.4, 0.5) is 0 Å². The highest BCUT2D eigenvalue weighted by Gasteiger charge is 2.23. The Kier molecular flexibility index (Phi) is 6.22. The second-order valence-electron chi connectivity index (χ2n) is 6.35. The van der Waals surface area contributed by atoms with Crippen molar-refractivity contribution in [2.24, 2.45) is 0 Å². The Hall–Kier alpha value is -0.900. The Labute approximate surface area is 129 Å². The Balaban J connectivity index is 2.12. The fourth-order valence-electron chi connectivity index (χ4n) is 3.08. The Bertz CT molecular complexity index is 427. The van der Waals surface area contributed by atoms with Gasteiger partial charge in [0.15, 0.2) is 0 Å². The number of aryl methyl sites for hydroxylation is 2. The van der Waals surface area contributed by atoms with E-state index in [1.165, 1.54) is 23.1 Å². The van der Waals surface area contributed by atoms with E-state index in [1.54, 1.807) is 0 Å². The van der Waals surface area contributed by atoms with Gasteiger partial charge in [0.2, 0.25) is 0 Å². The van der Waals surface area contributed by atoms with E-state index in [1.807, 2.05) is 0 Å². The van der Waals surface area contributed by atoms with E-state index in [0.29, 0.717) is 12.1 Å². The van der Waals surface area contributed by atoms with Gasteiger partial charge in [0, 0.05) is 25.2 Å². The molecule has 2 rings (SSSR count). The second kappa shape index (κ2) is 7.92. The van der Waals surface area contributed by atoms with Crippen molar-refractivity contribution < 1.29 is 4.74 Å². The number of ether oxygens (including phenoxy) is 1. The van der Waals surface area contributed by atoms with Crippen LogP contribution in [0, 0.1) is 13.8 Å². The normalized spacial score (nSPS) is 21.4. The molecule has 1 aliphatic heterocycles. The summed E-state index contributed by atoms with van der Waals surface area (Å²) in [4.78, 5) is 2.55. The maximum atomic E-state index is 5.56. The maximum absolute atomic E-state index is 5.56. The van der Waals surface area contributed by atoms with Gasteiger partial charge in [-0.1, -0.05) is 36.2 Å². The predicted molar refractivity (Wildman–Crippen MR) is 88.8 cm³/mol. The van der Waals surface area contributed by atoms with Crippen molar-refractivity contribution in [3.05, 3.63) is 34.9 Å². The average molecular weight is 290 g/mol. The Morgan fingerprint density at radius 1 is 1.29 bits per heavy atom. The molecule has 1 aromatic carbocycles. The molecule has 118 valence electrons. The molecule has 0 spiro atoms. The lowest BCUT2D eigenvalue weighted by Crippen LogP contribution is -2.47. The highest BCUT2D eigenvalue weighted by Crippen LogP contribution is 2.20. The van der Waals surface area contributed by atoms with Crippen LogP contribution < -0.4 is 5.32 Å². The highest BCUT2D eigenvalue weighted by molar-refractivity contribution is 5.31. The van der Waals surface area contributed by atoms with Crippen LogP contribution >= 0.6 is 0 Å². The summed E-state index contributed by atoms with van der Waals surface area (Å²) in [5, 5.41) is 3.73. The van der Waals surface area contributed by atoms with Crippen molar-refractivity contribution in [2.75, 3.05) is 32.8 Å². The smallest absolute Gasteiger partial charge is 0.0619 e. The summed E-state index contributed by atoms with van der Waals surface area (Å²) >= 11 is 0. The summed E-state index contributed by atoms with van der Waals surface area (Å²) in [5.41, 5.74) is 4.12. The lowest BCUT2D eigenvalue weighted by Gasteiger charge is -2.36. The number of morpholine rings is 1. The zero-order valence-corrected chi connectivity index (χ0v) is 14.0. The number of hydrogen-bond acceptors (Lipinski definition) is 3. The molecule has 3 nitrogen and oxygen atoms in total. The molecular formula is C18H30N2O. The molecule has 1 aliphatic rings. The first kappa shape index (κ1) is 16.5. The first-order valence-corrected chi connectivity index (χ1v) is 8.23. The third kappa shape index (κ3) is 4.80. The average Bonchev–Trinajstić information content (AvgIpc) is 2.44.